The summed E-state index contributed by atoms with van der Waals surface area (Å²) < 4.78 is 7.56. The Balaban J connectivity index is 1.99. The van der Waals surface area contributed by atoms with Crippen molar-refractivity contribution < 1.29 is 9.53 Å². The molecular formula is C22H21ClN5O4S+. The predicted octanol–water partition coefficient (Wildman–Crippen LogP) is 2.93. The number of nitrogens with zero attached hydrogens (tertiary/aromatic N) is 3. The Kier molecular flexibility index (Phi) is 5.96. The maximum Gasteiger partial charge on any atom is 0.332 e. The van der Waals surface area contributed by atoms with E-state index in [1.54, 1.807) is 18.2 Å². The number of amides is 1. The third kappa shape index (κ3) is 3.98. The van der Waals surface area contributed by atoms with Crippen molar-refractivity contribution in [2.24, 2.45) is 14.1 Å². The molecular weight excluding hydrogens is 466 g/mol. The van der Waals surface area contributed by atoms with Gasteiger partial charge in [-0.3, -0.25) is 18.7 Å². The van der Waals surface area contributed by atoms with Crippen LogP contribution in [0.4, 0.5) is 11.5 Å². The van der Waals surface area contributed by atoms with Gasteiger partial charge in [0.05, 0.1) is 23.7 Å². The van der Waals surface area contributed by atoms with Gasteiger partial charge in [0.25, 0.3) is 11.5 Å². The van der Waals surface area contributed by atoms with Crippen molar-refractivity contribution in [2.45, 2.75) is 5.75 Å². The van der Waals surface area contributed by atoms with Crippen LogP contribution in [0.2, 0.25) is 5.02 Å². The number of carbonyl (C=O) groups excluding carboxylic acids is 1. The predicted molar refractivity (Wildman–Crippen MR) is 131 cm³/mol. The zero-order valence-electron chi connectivity index (χ0n) is 18.1. The largest absolute Gasteiger partial charge is 0.495 e. The van der Waals surface area contributed by atoms with Crippen LogP contribution in [0.25, 0.3) is 11.0 Å². The number of aryl methyl sites for hydroxylation is 1. The Morgan fingerprint density at radius 1 is 1.21 bits per heavy atom. The van der Waals surface area contributed by atoms with Crippen LogP contribution in [0.5, 0.6) is 5.75 Å². The second kappa shape index (κ2) is 8.72. The van der Waals surface area contributed by atoms with Crippen molar-refractivity contribution in [1.82, 2.24) is 14.1 Å². The van der Waals surface area contributed by atoms with Gasteiger partial charge in [0.2, 0.25) is 0 Å². The molecule has 0 spiro atoms. The zero-order valence-corrected chi connectivity index (χ0v) is 19.7. The summed E-state index contributed by atoms with van der Waals surface area (Å²) in [6, 6.07) is 8.62. The molecule has 170 valence electrons. The highest BCUT2D eigenvalue weighted by atomic mass is 35.5. The van der Waals surface area contributed by atoms with Crippen molar-refractivity contribution in [3.8, 4) is 5.75 Å². The van der Waals surface area contributed by atoms with Crippen LogP contribution in [0.3, 0.4) is 0 Å². The molecule has 4 rings (SSSR count). The van der Waals surface area contributed by atoms with E-state index in [0.717, 1.165) is 4.57 Å². The lowest BCUT2D eigenvalue weighted by molar-refractivity contribution is 0.102. The number of nitrogens with one attached hydrogen (secondary N) is 1. The van der Waals surface area contributed by atoms with E-state index in [1.807, 2.05) is 22.9 Å². The number of halogens is 1. The number of anilines is 2. The molecule has 33 heavy (non-hydrogen) atoms. The van der Waals surface area contributed by atoms with Crippen molar-refractivity contribution in [3.05, 3.63) is 78.1 Å². The molecule has 0 atom stereocenters. The van der Waals surface area contributed by atoms with Crippen molar-refractivity contribution in [2.75, 3.05) is 18.2 Å². The number of hydrogen-bond acceptors (Lipinski definition) is 6. The van der Waals surface area contributed by atoms with Crippen LogP contribution in [0.1, 0.15) is 15.9 Å². The minimum atomic E-state index is -0.566. The van der Waals surface area contributed by atoms with Crippen molar-refractivity contribution in [1.29, 1.82) is 0 Å². The van der Waals surface area contributed by atoms with Gasteiger partial charge in [-0.25, -0.2) is 9.78 Å². The summed E-state index contributed by atoms with van der Waals surface area (Å²) in [5.41, 5.74) is 6.13. The topological polar surface area (TPSA) is 121 Å². The molecule has 0 bridgehead atoms. The third-order valence-electron chi connectivity index (χ3n) is 5.29. The average Bonchev–Trinajstić information content (AvgIpc) is 3.29. The molecule has 0 radical (unpaired) electrons. The summed E-state index contributed by atoms with van der Waals surface area (Å²) in [5.74, 6) is 0.0987. The number of ether oxygens (including phenoxy) is 1. The molecule has 0 aliphatic rings. The van der Waals surface area contributed by atoms with E-state index in [1.165, 1.54) is 25.8 Å². The molecule has 9 nitrogen and oxygen atoms in total. The second-order valence-electron chi connectivity index (χ2n) is 7.32. The molecule has 4 aromatic rings. The van der Waals surface area contributed by atoms with E-state index in [0.29, 0.717) is 27.8 Å². The van der Waals surface area contributed by atoms with E-state index >= 15 is 0 Å². The minimum absolute atomic E-state index is 0.0708. The van der Waals surface area contributed by atoms with Gasteiger partial charge in [0, 0.05) is 24.7 Å². The number of hydrogen-bond donors (Lipinski definition) is 2. The maximum atomic E-state index is 13.5. The standard InChI is InChI=1S/C22H20ClN5O4S/c1-27-19-17(21(30)28(2)22(27)31)13(11-33-8-4-5-9-33)16(18(24)26-19)20(29)25-14-10-12(23)6-7-15(14)32-3/h4-10H,11H2,1-3H3,(H2-,24,25,26,29,30)/p+1. The summed E-state index contributed by atoms with van der Waals surface area (Å²) >= 11 is 6.09. The number of nitrogens with two attached hydrogens (primary N) is 1. The second-order valence-corrected chi connectivity index (χ2v) is 9.53. The Morgan fingerprint density at radius 2 is 1.91 bits per heavy atom. The summed E-state index contributed by atoms with van der Waals surface area (Å²) in [6.07, 6.45) is 0. The van der Waals surface area contributed by atoms with Gasteiger partial charge in [0.1, 0.15) is 22.3 Å². The van der Waals surface area contributed by atoms with E-state index in [4.69, 9.17) is 22.1 Å². The van der Waals surface area contributed by atoms with Crippen LogP contribution in [0, 0.1) is 0 Å². The SMILES string of the molecule is COc1ccc(Cl)cc1NC(=O)c1c(N)nc2c(c1C[s+]1cccc1)c(=O)n(C)c(=O)n2C. The first-order valence-electron chi connectivity index (χ1n) is 9.79. The Morgan fingerprint density at radius 3 is 2.58 bits per heavy atom. The molecule has 1 amide bonds. The molecule has 0 aliphatic carbocycles. The van der Waals surface area contributed by atoms with Gasteiger partial charge >= 0.3 is 5.69 Å². The average molecular weight is 487 g/mol. The first-order valence-corrected chi connectivity index (χ1v) is 11.7. The number of carbonyl (C=O) groups is 1. The number of benzene rings is 1. The Bertz CT molecular complexity index is 1510. The Hall–Kier alpha value is -3.63. The molecule has 0 saturated carbocycles. The monoisotopic (exact) mass is 486 g/mol. The molecule has 3 N–H and O–H groups in total. The maximum absolute atomic E-state index is 13.5. The summed E-state index contributed by atoms with van der Waals surface area (Å²) in [6.45, 7) is 0. The van der Waals surface area contributed by atoms with Gasteiger partial charge in [-0.15, -0.1) is 0 Å². The van der Waals surface area contributed by atoms with Crippen LogP contribution in [-0.4, -0.2) is 27.1 Å². The number of pyridine rings is 1. The highest BCUT2D eigenvalue weighted by Gasteiger charge is 2.27. The lowest BCUT2D eigenvalue weighted by Gasteiger charge is -2.16. The van der Waals surface area contributed by atoms with Crippen molar-refractivity contribution in [3.63, 3.8) is 0 Å². The fraction of sp³-hybridized carbons (Fsp3) is 0.182. The van der Waals surface area contributed by atoms with Crippen LogP contribution < -0.4 is 27.0 Å². The van der Waals surface area contributed by atoms with E-state index in [2.05, 4.69) is 10.3 Å². The van der Waals surface area contributed by atoms with Crippen LogP contribution >= 0.6 is 22.1 Å². The van der Waals surface area contributed by atoms with Crippen molar-refractivity contribution >= 4 is 50.5 Å². The highest BCUT2D eigenvalue weighted by molar-refractivity contribution is 7.27. The molecule has 1 aromatic carbocycles. The number of rotatable bonds is 5. The number of nitrogen functional groups attached to an aromatic ring is 1. The van der Waals surface area contributed by atoms with E-state index in [-0.39, 0.29) is 32.9 Å². The lowest BCUT2D eigenvalue weighted by atomic mass is 10.1. The van der Waals surface area contributed by atoms with Gasteiger partial charge in [-0.2, -0.15) is 0 Å². The van der Waals surface area contributed by atoms with Gasteiger partial charge in [-0.05, 0) is 40.8 Å². The van der Waals surface area contributed by atoms with E-state index < -0.39 is 17.2 Å². The Labute approximate surface area is 196 Å². The molecule has 3 aromatic heterocycles. The summed E-state index contributed by atoms with van der Waals surface area (Å²) in [4.78, 5) is 43.3. The summed E-state index contributed by atoms with van der Waals surface area (Å²) in [7, 11) is 4.01. The smallest absolute Gasteiger partial charge is 0.332 e. The number of aromatic nitrogens is 3. The molecule has 3 heterocycles. The van der Waals surface area contributed by atoms with Crippen LogP contribution in [0.15, 0.2) is 50.7 Å². The third-order valence-corrected chi connectivity index (χ3v) is 7.16. The minimum Gasteiger partial charge on any atom is -0.495 e. The number of thiophene rings is 1. The molecule has 0 fully saturated rings. The number of methoxy groups -OCH3 is 1. The molecule has 0 aliphatic heterocycles. The molecule has 11 heteroatoms. The first-order chi connectivity index (χ1) is 15.7. The zero-order chi connectivity index (χ0) is 23.9. The quantitative estimate of drug-likeness (QED) is 0.418. The van der Waals surface area contributed by atoms with Gasteiger partial charge < -0.3 is 15.8 Å². The molecule has 0 saturated heterocycles. The lowest BCUT2D eigenvalue weighted by Crippen LogP contribution is -2.38. The normalized spacial score (nSPS) is 11.0. The van der Waals surface area contributed by atoms with Crippen LogP contribution in [-0.2, 0) is 19.8 Å². The molecule has 0 unspecified atom stereocenters. The number of fused-ring (bicyclic) bond motifs is 1. The highest BCUT2D eigenvalue weighted by Crippen LogP contribution is 2.33. The van der Waals surface area contributed by atoms with Gasteiger partial charge in [0.15, 0.2) is 11.4 Å². The first kappa shape index (κ1) is 22.6. The fourth-order valence-electron chi connectivity index (χ4n) is 3.64. The van der Waals surface area contributed by atoms with E-state index in [9.17, 15) is 14.4 Å². The fourth-order valence-corrected chi connectivity index (χ4v) is 5.30. The summed E-state index contributed by atoms with van der Waals surface area (Å²) in [5, 5.41) is 7.32. The van der Waals surface area contributed by atoms with Gasteiger partial charge in [-0.1, -0.05) is 11.6 Å².